The molecule has 0 aliphatic heterocycles. The molecule has 0 aromatic rings. The van der Waals surface area contributed by atoms with Crippen LogP contribution in [0.4, 0.5) is 0 Å². The Morgan fingerprint density at radius 3 is 1.50 bits per heavy atom. The molecule has 0 unspecified atom stereocenters. The predicted molar refractivity (Wildman–Crippen MR) is 84.7 cm³/mol. The summed E-state index contributed by atoms with van der Waals surface area (Å²) in [6.45, 7) is 7.60. The van der Waals surface area contributed by atoms with Gasteiger partial charge in [0.2, 0.25) is 0 Å². The van der Waals surface area contributed by atoms with Crippen LogP contribution in [0.1, 0.15) is 83.5 Å². The highest BCUT2D eigenvalue weighted by Gasteiger charge is 1.91. The minimum absolute atomic E-state index is 1.07. The van der Waals surface area contributed by atoms with Crippen molar-refractivity contribution in [3.63, 3.8) is 0 Å². The molecule has 0 N–H and O–H groups in total. The largest absolute Gasteiger partial charge is 0.103 e. The quantitative estimate of drug-likeness (QED) is 0.239. The van der Waals surface area contributed by atoms with Gasteiger partial charge in [-0.25, -0.2) is 0 Å². The lowest BCUT2D eigenvalue weighted by molar-refractivity contribution is 0.571. The lowest BCUT2D eigenvalue weighted by atomic mass is 10.1. The maximum absolute atomic E-state index is 3.85. The molecular weight excluding hydrogens is 216 g/mol. The van der Waals surface area contributed by atoms with Gasteiger partial charge in [0.25, 0.3) is 0 Å². The van der Waals surface area contributed by atoms with E-state index in [1.165, 1.54) is 77.0 Å². The van der Waals surface area contributed by atoms with Crippen molar-refractivity contribution < 1.29 is 0 Å². The highest BCUT2D eigenvalue weighted by Crippen LogP contribution is 2.11. The Balaban J connectivity index is 2.98. The van der Waals surface area contributed by atoms with Gasteiger partial charge in [-0.1, -0.05) is 70.1 Å². The van der Waals surface area contributed by atoms with Gasteiger partial charge in [0.1, 0.15) is 0 Å². The second kappa shape index (κ2) is 16.5. The normalized spacial score (nSPS) is 11.2. The minimum Gasteiger partial charge on any atom is -0.103 e. The summed E-state index contributed by atoms with van der Waals surface area (Å²) in [6, 6.07) is 0. The Kier molecular flexibility index (Phi) is 16.0. The smallest absolute Gasteiger partial charge is 0.0351 e. The predicted octanol–water partition coefficient (Wildman–Crippen LogP) is 6.63. The fourth-order valence-corrected chi connectivity index (χ4v) is 2.11. The zero-order valence-corrected chi connectivity index (χ0v) is 12.3. The summed E-state index contributed by atoms with van der Waals surface area (Å²) in [6.07, 6.45) is 23.9. The van der Waals surface area contributed by atoms with Crippen LogP contribution in [-0.4, -0.2) is 0 Å². The Bertz CT molecular complexity index is 178. The van der Waals surface area contributed by atoms with Gasteiger partial charge in [0, 0.05) is 0 Å². The fraction of sp³-hybridized carbons (Fsp3) is 0.722. The minimum atomic E-state index is 1.07. The third kappa shape index (κ3) is 15.5. The van der Waals surface area contributed by atoms with Crippen LogP contribution < -0.4 is 0 Å². The van der Waals surface area contributed by atoms with Crippen LogP contribution in [0.25, 0.3) is 0 Å². The van der Waals surface area contributed by atoms with Gasteiger partial charge in [0.05, 0.1) is 0 Å². The monoisotopic (exact) mass is 249 g/mol. The molecule has 0 atom stereocenters. The van der Waals surface area contributed by atoms with Crippen molar-refractivity contribution in [2.45, 2.75) is 83.5 Å². The number of rotatable bonds is 14. The lowest BCUT2D eigenvalue weighted by Crippen LogP contribution is -1.81. The first-order chi connectivity index (χ1) is 8.91. The maximum atomic E-state index is 3.85. The van der Waals surface area contributed by atoms with E-state index in [0.717, 1.165) is 6.42 Å². The van der Waals surface area contributed by atoms with Gasteiger partial charge >= 0.3 is 0 Å². The van der Waals surface area contributed by atoms with Crippen molar-refractivity contribution >= 4 is 0 Å². The average Bonchev–Trinajstić information content (AvgIpc) is 2.39. The molecule has 0 heteroatoms. The van der Waals surface area contributed by atoms with Gasteiger partial charge in [0.15, 0.2) is 0 Å². The third-order valence-electron chi connectivity index (χ3n) is 3.32. The van der Waals surface area contributed by atoms with E-state index in [1.54, 1.807) is 0 Å². The van der Waals surface area contributed by atoms with Crippen LogP contribution in [0.5, 0.6) is 0 Å². The van der Waals surface area contributed by atoms with E-state index in [0.29, 0.717) is 0 Å². The Labute approximate surface area is 116 Å². The van der Waals surface area contributed by atoms with Crippen LogP contribution in [0.15, 0.2) is 24.8 Å². The van der Waals surface area contributed by atoms with Gasteiger partial charge in [-0.05, 0) is 38.5 Å². The molecule has 18 heavy (non-hydrogen) atoms. The Hall–Kier alpha value is -0.520. The SMILES string of the molecule is [CH2]CCCC=CCCCCCCCCCCC=C. The van der Waals surface area contributed by atoms with E-state index in [-0.39, 0.29) is 0 Å². The second-order valence-electron chi connectivity index (χ2n) is 5.16. The molecule has 0 amide bonds. The lowest BCUT2D eigenvalue weighted by Gasteiger charge is -2.00. The number of unbranched alkanes of at least 4 members (excludes halogenated alkanes) is 11. The zero-order chi connectivity index (χ0) is 13.3. The molecule has 0 aliphatic carbocycles. The Morgan fingerprint density at radius 1 is 0.556 bits per heavy atom. The molecule has 0 saturated heterocycles. The first-order valence-electron chi connectivity index (χ1n) is 7.97. The third-order valence-corrected chi connectivity index (χ3v) is 3.32. The van der Waals surface area contributed by atoms with Crippen molar-refractivity contribution in [3.8, 4) is 0 Å². The van der Waals surface area contributed by atoms with E-state index in [2.05, 4.69) is 25.7 Å². The van der Waals surface area contributed by atoms with Crippen molar-refractivity contribution in [3.05, 3.63) is 31.7 Å². The molecule has 0 saturated carbocycles. The van der Waals surface area contributed by atoms with Gasteiger partial charge < -0.3 is 0 Å². The molecule has 0 fully saturated rings. The standard InChI is InChI=1S/C18H33/c1-3-5-7-9-11-13-15-17-18-16-14-12-10-8-6-4-2/h3,10,12H,1-2,4-9,11,13-18H2. The van der Waals surface area contributed by atoms with E-state index in [1.807, 2.05) is 6.08 Å². The van der Waals surface area contributed by atoms with Crippen LogP contribution in [0.2, 0.25) is 0 Å². The highest BCUT2D eigenvalue weighted by molar-refractivity contribution is 4.81. The molecule has 0 rings (SSSR count). The molecule has 0 aromatic heterocycles. The average molecular weight is 249 g/mol. The van der Waals surface area contributed by atoms with E-state index in [9.17, 15) is 0 Å². The first-order valence-corrected chi connectivity index (χ1v) is 7.97. The van der Waals surface area contributed by atoms with Gasteiger partial charge in [-0.3, -0.25) is 0 Å². The summed E-state index contributed by atoms with van der Waals surface area (Å²) in [5.41, 5.74) is 0. The van der Waals surface area contributed by atoms with Gasteiger partial charge in [-0.2, -0.15) is 0 Å². The van der Waals surface area contributed by atoms with E-state index in [4.69, 9.17) is 0 Å². The summed E-state index contributed by atoms with van der Waals surface area (Å²) < 4.78 is 0. The Morgan fingerprint density at radius 2 is 1.00 bits per heavy atom. The summed E-state index contributed by atoms with van der Waals surface area (Å²) in [5.74, 6) is 0. The summed E-state index contributed by atoms with van der Waals surface area (Å²) in [5, 5.41) is 0. The molecule has 0 heterocycles. The van der Waals surface area contributed by atoms with Crippen LogP contribution in [0.3, 0.4) is 0 Å². The van der Waals surface area contributed by atoms with E-state index < -0.39 is 0 Å². The molecule has 0 spiro atoms. The van der Waals surface area contributed by atoms with E-state index >= 15 is 0 Å². The molecule has 0 aliphatic rings. The first kappa shape index (κ1) is 17.5. The second-order valence-corrected chi connectivity index (χ2v) is 5.16. The number of allylic oxidation sites excluding steroid dienone is 3. The van der Waals surface area contributed by atoms with Crippen LogP contribution >= 0.6 is 0 Å². The summed E-state index contributed by atoms with van der Waals surface area (Å²) in [7, 11) is 0. The highest BCUT2D eigenvalue weighted by atomic mass is 14.0. The molecule has 0 nitrogen and oxygen atoms in total. The summed E-state index contributed by atoms with van der Waals surface area (Å²) >= 11 is 0. The maximum Gasteiger partial charge on any atom is -0.0351 e. The van der Waals surface area contributed by atoms with Crippen molar-refractivity contribution in [2.75, 3.05) is 0 Å². The molecule has 1 radical (unpaired) electrons. The molecule has 0 aromatic carbocycles. The topological polar surface area (TPSA) is 0 Å². The fourth-order valence-electron chi connectivity index (χ4n) is 2.11. The molecular formula is C18H33. The zero-order valence-electron chi connectivity index (χ0n) is 12.3. The van der Waals surface area contributed by atoms with Crippen molar-refractivity contribution in [1.29, 1.82) is 0 Å². The summed E-state index contributed by atoms with van der Waals surface area (Å²) in [4.78, 5) is 0. The number of hydrogen-bond donors (Lipinski definition) is 0. The van der Waals surface area contributed by atoms with Gasteiger partial charge in [-0.15, -0.1) is 6.58 Å². The molecule has 105 valence electrons. The number of hydrogen-bond acceptors (Lipinski definition) is 0. The molecule has 0 bridgehead atoms. The van der Waals surface area contributed by atoms with Crippen molar-refractivity contribution in [2.24, 2.45) is 0 Å². The van der Waals surface area contributed by atoms with Crippen LogP contribution in [0, 0.1) is 6.92 Å². The van der Waals surface area contributed by atoms with Crippen molar-refractivity contribution in [1.82, 2.24) is 0 Å². The van der Waals surface area contributed by atoms with Crippen LogP contribution in [-0.2, 0) is 0 Å².